The number of aromatic nitrogens is 1. The van der Waals surface area contributed by atoms with Crippen molar-refractivity contribution in [2.45, 2.75) is 25.7 Å². The van der Waals surface area contributed by atoms with Crippen molar-refractivity contribution >= 4 is 27.5 Å². The predicted octanol–water partition coefficient (Wildman–Crippen LogP) is 0.704. The molecule has 1 aliphatic heterocycles. The van der Waals surface area contributed by atoms with Gasteiger partial charge in [0.25, 0.3) is 10.2 Å². The monoisotopic (exact) mass is 319 g/mol. The molecule has 1 aromatic heterocycles. The molecule has 2 N–H and O–H groups in total. The molecule has 20 heavy (non-hydrogen) atoms. The number of hydrogen-bond acceptors (Lipinski definition) is 5. The summed E-state index contributed by atoms with van der Waals surface area (Å²) < 4.78 is 28.0. The number of thiazole rings is 1. The second-order valence-corrected chi connectivity index (χ2v) is 7.24. The molecule has 2 rings (SSSR count). The molecular weight excluding hydrogens is 302 g/mol. The number of aromatic carboxylic acids is 1. The highest BCUT2D eigenvalue weighted by molar-refractivity contribution is 7.87. The van der Waals surface area contributed by atoms with Gasteiger partial charge in [-0.1, -0.05) is 6.42 Å². The SMILES string of the molecule is O=C(O)c1csc(CCNS(=O)(=O)N2CCCCC2)n1. The lowest BCUT2D eigenvalue weighted by Crippen LogP contribution is -2.43. The van der Waals surface area contributed by atoms with Crippen LogP contribution in [0.5, 0.6) is 0 Å². The van der Waals surface area contributed by atoms with Gasteiger partial charge in [0.05, 0.1) is 5.01 Å². The normalized spacial score (nSPS) is 17.2. The lowest BCUT2D eigenvalue weighted by molar-refractivity contribution is 0.0691. The van der Waals surface area contributed by atoms with Crippen molar-refractivity contribution in [3.8, 4) is 0 Å². The van der Waals surface area contributed by atoms with Crippen LogP contribution in [-0.2, 0) is 16.6 Å². The summed E-state index contributed by atoms with van der Waals surface area (Å²) in [6, 6.07) is 0. The van der Waals surface area contributed by atoms with Gasteiger partial charge in [-0.3, -0.25) is 0 Å². The molecule has 1 saturated heterocycles. The molecule has 0 bridgehead atoms. The maximum absolute atomic E-state index is 12.0. The Bertz CT molecular complexity index is 564. The fraction of sp³-hybridized carbons (Fsp3) is 0.636. The van der Waals surface area contributed by atoms with E-state index in [9.17, 15) is 13.2 Å². The Balaban J connectivity index is 1.83. The van der Waals surface area contributed by atoms with E-state index in [-0.39, 0.29) is 12.2 Å². The molecule has 0 amide bonds. The molecule has 1 aromatic rings. The van der Waals surface area contributed by atoms with Crippen LogP contribution in [-0.4, -0.2) is 48.4 Å². The van der Waals surface area contributed by atoms with E-state index in [2.05, 4.69) is 9.71 Å². The zero-order valence-corrected chi connectivity index (χ0v) is 12.5. The van der Waals surface area contributed by atoms with E-state index in [0.717, 1.165) is 19.3 Å². The minimum Gasteiger partial charge on any atom is -0.476 e. The maximum atomic E-state index is 12.0. The molecule has 0 atom stereocenters. The topological polar surface area (TPSA) is 99.6 Å². The van der Waals surface area contributed by atoms with Crippen LogP contribution in [0, 0.1) is 0 Å². The van der Waals surface area contributed by atoms with Gasteiger partial charge in [0.1, 0.15) is 0 Å². The smallest absolute Gasteiger partial charge is 0.355 e. The van der Waals surface area contributed by atoms with Crippen molar-refractivity contribution in [2.24, 2.45) is 0 Å². The van der Waals surface area contributed by atoms with Gasteiger partial charge in [-0.2, -0.15) is 12.7 Å². The number of carbonyl (C=O) groups is 1. The first-order valence-electron chi connectivity index (χ1n) is 6.41. The van der Waals surface area contributed by atoms with Gasteiger partial charge in [0, 0.05) is 31.4 Å². The van der Waals surface area contributed by atoms with Gasteiger partial charge in [-0.25, -0.2) is 14.5 Å². The summed E-state index contributed by atoms with van der Waals surface area (Å²) in [7, 11) is -3.42. The summed E-state index contributed by atoms with van der Waals surface area (Å²) in [5, 5.41) is 10.8. The summed E-state index contributed by atoms with van der Waals surface area (Å²) in [4.78, 5) is 14.6. The fourth-order valence-corrected chi connectivity index (χ4v) is 4.06. The Labute approximate surface area is 121 Å². The third-order valence-electron chi connectivity index (χ3n) is 3.05. The lowest BCUT2D eigenvalue weighted by Gasteiger charge is -2.25. The molecule has 2 heterocycles. The molecule has 0 unspecified atom stereocenters. The van der Waals surface area contributed by atoms with E-state index >= 15 is 0 Å². The molecule has 0 radical (unpaired) electrons. The van der Waals surface area contributed by atoms with Gasteiger partial charge in [0.2, 0.25) is 0 Å². The summed E-state index contributed by atoms with van der Waals surface area (Å²) >= 11 is 1.22. The Hall–Kier alpha value is -1.03. The first kappa shape index (κ1) is 15.4. The highest BCUT2D eigenvalue weighted by Crippen LogP contribution is 2.13. The summed E-state index contributed by atoms with van der Waals surface area (Å²) in [5.41, 5.74) is 0.00360. The van der Waals surface area contributed by atoms with Crippen molar-refractivity contribution in [3.05, 3.63) is 16.1 Å². The largest absolute Gasteiger partial charge is 0.476 e. The second kappa shape index (κ2) is 6.61. The quantitative estimate of drug-likeness (QED) is 0.804. The van der Waals surface area contributed by atoms with Crippen LogP contribution in [0.25, 0.3) is 0 Å². The van der Waals surface area contributed by atoms with Gasteiger partial charge in [-0.05, 0) is 12.8 Å². The summed E-state index contributed by atoms with van der Waals surface area (Å²) in [5.74, 6) is -1.07. The molecule has 0 spiro atoms. The number of nitrogens with one attached hydrogen (secondary N) is 1. The highest BCUT2D eigenvalue weighted by Gasteiger charge is 2.23. The highest BCUT2D eigenvalue weighted by atomic mass is 32.2. The van der Waals surface area contributed by atoms with Crippen LogP contribution in [0.3, 0.4) is 0 Å². The molecule has 0 aliphatic carbocycles. The Kier molecular flexibility index (Phi) is 5.08. The Morgan fingerprint density at radius 3 is 2.70 bits per heavy atom. The number of rotatable bonds is 6. The van der Waals surface area contributed by atoms with E-state index in [0.29, 0.717) is 24.5 Å². The molecule has 0 aromatic carbocycles. The third-order valence-corrected chi connectivity index (χ3v) is 5.57. The number of nitrogens with zero attached hydrogens (tertiary/aromatic N) is 2. The summed E-state index contributed by atoms with van der Waals surface area (Å²) in [6.45, 7) is 1.36. The Morgan fingerprint density at radius 2 is 2.10 bits per heavy atom. The van der Waals surface area contributed by atoms with Gasteiger partial charge in [0.15, 0.2) is 5.69 Å². The third kappa shape index (κ3) is 3.98. The van der Waals surface area contributed by atoms with E-state index in [1.807, 2.05) is 0 Å². The second-order valence-electron chi connectivity index (χ2n) is 4.54. The van der Waals surface area contributed by atoms with Crippen LogP contribution in [0.2, 0.25) is 0 Å². The molecular formula is C11H17N3O4S2. The zero-order chi connectivity index (χ0) is 14.6. The molecule has 1 aliphatic rings. The van der Waals surface area contributed by atoms with E-state index in [1.54, 1.807) is 0 Å². The number of piperidine rings is 1. The minimum atomic E-state index is -3.42. The molecule has 112 valence electrons. The molecule has 9 heteroatoms. The van der Waals surface area contributed by atoms with Crippen molar-refractivity contribution < 1.29 is 18.3 Å². The van der Waals surface area contributed by atoms with Crippen molar-refractivity contribution in [1.29, 1.82) is 0 Å². The van der Waals surface area contributed by atoms with Gasteiger partial charge >= 0.3 is 5.97 Å². The van der Waals surface area contributed by atoms with E-state index in [4.69, 9.17) is 5.11 Å². The van der Waals surface area contributed by atoms with Crippen molar-refractivity contribution in [3.63, 3.8) is 0 Å². The summed E-state index contributed by atoms with van der Waals surface area (Å²) in [6.07, 6.45) is 3.26. The molecule has 7 nitrogen and oxygen atoms in total. The van der Waals surface area contributed by atoms with Crippen LogP contribution in [0.15, 0.2) is 5.38 Å². The van der Waals surface area contributed by atoms with Gasteiger partial charge < -0.3 is 5.11 Å². The Morgan fingerprint density at radius 1 is 1.40 bits per heavy atom. The standard InChI is InChI=1S/C11H17N3O4S2/c15-11(16)9-8-19-10(13-9)4-5-12-20(17,18)14-6-2-1-3-7-14/h8,12H,1-7H2,(H,15,16). The first-order valence-corrected chi connectivity index (χ1v) is 8.73. The average molecular weight is 319 g/mol. The first-order chi connectivity index (χ1) is 9.49. The zero-order valence-electron chi connectivity index (χ0n) is 10.9. The average Bonchev–Trinajstić information content (AvgIpc) is 2.89. The lowest BCUT2D eigenvalue weighted by atomic mass is 10.2. The molecule has 1 fully saturated rings. The van der Waals surface area contributed by atoms with E-state index < -0.39 is 16.2 Å². The number of hydrogen-bond donors (Lipinski definition) is 2. The number of carboxylic acid groups (broad SMARTS) is 1. The van der Waals surface area contributed by atoms with Crippen LogP contribution in [0.1, 0.15) is 34.8 Å². The predicted molar refractivity (Wildman–Crippen MR) is 75.1 cm³/mol. The van der Waals surface area contributed by atoms with Crippen molar-refractivity contribution in [1.82, 2.24) is 14.0 Å². The van der Waals surface area contributed by atoms with Crippen LogP contribution >= 0.6 is 11.3 Å². The van der Waals surface area contributed by atoms with Crippen LogP contribution in [0.4, 0.5) is 0 Å². The number of carboxylic acids is 1. The fourth-order valence-electron chi connectivity index (χ4n) is 2.01. The molecule has 0 saturated carbocycles. The van der Waals surface area contributed by atoms with Gasteiger partial charge in [-0.15, -0.1) is 11.3 Å². The van der Waals surface area contributed by atoms with Crippen LogP contribution < -0.4 is 4.72 Å². The minimum absolute atomic E-state index is 0.00360. The van der Waals surface area contributed by atoms with E-state index in [1.165, 1.54) is 21.0 Å². The maximum Gasteiger partial charge on any atom is 0.355 e. The van der Waals surface area contributed by atoms with Crippen molar-refractivity contribution in [2.75, 3.05) is 19.6 Å².